The summed E-state index contributed by atoms with van der Waals surface area (Å²) in [4.78, 5) is 4.36. The molecule has 20 heavy (non-hydrogen) atoms. The van der Waals surface area contributed by atoms with E-state index in [-0.39, 0.29) is 0 Å². The van der Waals surface area contributed by atoms with Gasteiger partial charge in [-0.1, -0.05) is 32.0 Å². The molecule has 1 aromatic carbocycles. The molecule has 4 heteroatoms. The van der Waals surface area contributed by atoms with Gasteiger partial charge < -0.3 is 10.1 Å². The molecule has 0 amide bonds. The first-order valence-electron chi connectivity index (χ1n) is 6.73. The van der Waals surface area contributed by atoms with Crippen molar-refractivity contribution in [2.24, 2.45) is 5.92 Å². The Morgan fingerprint density at radius 3 is 2.70 bits per heavy atom. The summed E-state index contributed by atoms with van der Waals surface area (Å²) in [5.41, 5.74) is 1.05. The highest BCUT2D eigenvalue weighted by atomic mass is 79.9. The molecule has 1 N–H and O–H groups in total. The van der Waals surface area contributed by atoms with E-state index in [1.165, 1.54) is 0 Å². The summed E-state index contributed by atoms with van der Waals surface area (Å²) in [7, 11) is 0. The lowest BCUT2D eigenvalue weighted by Gasteiger charge is -2.12. The summed E-state index contributed by atoms with van der Waals surface area (Å²) < 4.78 is 6.81. The molecule has 0 saturated carbocycles. The fourth-order valence-electron chi connectivity index (χ4n) is 1.78. The van der Waals surface area contributed by atoms with E-state index in [1.54, 1.807) is 6.20 Å². The van der Waals surface area contributed by atoms with Gasteiger partial charge in [-0.2, -0.15) is 0 Å². The van der Waals surface area contributed by atoms with E-state index in [2.05, 4.69) is 40.1 Å². The van der Waals surface area contributed by atoms with Gasteiger partial charge in [-0.15, -0.1) is 0 Å². The minimum absolute atomic E-state index is 0.619. The van der Waals surface area contributed by atoms with Crippen molar-refractivity contribution in [2.45, 2.75) is 20.4 Å². The molecular weight excluding hydrogens is 316 g/mol. The Balaban J connectivity index is 2.11. The Labute approximate surface area is 128 Å². The van der Waals surface area contributed by atoms with Gasteiger partial charge in [0.2, 0.25) is 5.88 Å². The van der Waals surface area contributed by atoms with Crippen LogP contribution in [-0.2, 0) is 6.54 Å². The second-order valence-electron chi connectivity index (χ2n) is 5.06. The summed E-state index contributed by atoms with van der Waals surface area (Å²) in [5.74, 6) is 2.07. The van der Waals surface area contributed by atoms with Crippen LogP contribution in [0, 0.1) is 5.92 Å². The number of nitrogens with zero attached hydrogens (tertiary/aromatic N) is 1. The van der Waals surface area contributed by atoms with E-state index >= 15 is 0 Å². The van der Waals surface area contributed by atoms with Crippen molar-refractivity contribution in [1.29, 1.82) is 0 Å². The average Bonchev–Trinajstić information content (AvgIpc) is 2.42. The molecule has 0 aliphatic rings. The Morgan fingerprint density at radius 2 is 2.00 bits per heavy atom. The molecule has 2 aromatic rings. The summed E-state index contributed by atoms with van der Waals surface area (Å²) in [6.07, 6.45) is 1.75. The molecular formula is C16H19BrN2O. The summed E-state index contributed by atoms with van der Waals surface area (Å²) in [6.45, 7) is 6.09. The summed E-state index contributed by atoms with van der Waals surface area (Å²) >= 11 is 3.46. The third-order valence-corrected chi connectivity index (χ3v) is 3.15. The van der Waals surface area contributed by atoms with E-state index in [4.69, 9.17) is 4.74 Å². The summed E-state index contributed by atoms with van der Waals surface area (Å²) in [6, 6.07) is 11.8. The molecule has 1 heterocycles. The fourth-order valence-corrected chi connectivity index (χ4v) is 2.16. The lowest BCUT2D eigenvalue weighted by molar-refractivity contribution is 0.450. The topological polar surface area (TPSA) is 34.2 Å². The van der Waals surface area contributed by atoms with Gasteiger partial charge in [0.25, 0.3) is 0 Å². The van der Waals surface area contributed by atoms with Crippen molar-refractivity contribution in [3.8, 4) is 11.6 Å². The first-order valence-corrected chi connectivity index (χ1v) is 7.52. The van der Waals surface area contributed by atoms with Crippen molar-refractivity contribution in [3.05, 3.63) is 52.6 Å². The normalized spacial score (nSPS) is 10.8. The van der Waals surface area contributed by atoms with Gasteiger partial charge in [0, 0.05) is 22.8 Å². The van der Waals surface area contributed by atoms with Gasteiger partial charge in [0.05, 0.1) is 0 Å². The number of para-hydroxylation sites is 1. The van der Waals surface area contributed by atoms with Crippen molar-refractivity contribution < 1.29 is 4.74 Å². The van der Waals surface area contributed by atoms with Gasteiger partial charge in [-0.3, -0.25) is 0 Å². The Kier molecular flexibility index (Phi) is 5.56. The predicted octanol–water partition coefficient (Wildman–Crippen LogP) is 4.38. The van der Waals surface area contributed by atoms with E-state index in [0.717, 1.165) is 28.9 Å². The Bertz CT molecular complexity index is 543. The zero-order valence-corrected chi connectivity index (χ0v) is 13.4. The molecule has 0 bridgehead atoms. The Morgan fingerprint density at radius 1 is 1.25 bits per heavy atom. The zero-order valence-electron chi connectivity index (χ0n) is 11.8. The molecule has 0 saturated heterocycles. The number of ether oxygens (including phenoxy) is 1. The van der Waals surface area contributed by atoms with Crippen molar-refractivity contribution in [3.63, 3.8) is 0 Å². The first-order chi connectivity index (χ1) is 9.65. The fraction of sp³-hybridized carbons (Fsp3) is 0.312. The second kappa shape index (κ2) is 7.41. The second-order valence-corrected chi connectivity index (χ2v) is 5.97. The largest absolute Gasteiger partial charge is 0.439 e. The molecule has 0 unspecified atom stereocenters. The number of rotatable bonds is 6. The molecule has 0 spiro atoms. The van der Waals surface area contributed by atoms with Gasteiger partial charge in [0.15, 0.2) is 0 Å². The summed E-state index contributed by atoms with van der Waals surface area (Å²) in [5, 5.41) is 3.41. The Hall–Kier alpha value is -1.39. The van der Waals surface area contributed by atoms with E-state index in [1.807, 2.05) is 36.4 Å². The van der Waals surface area contributed by atoms with Gasteiger partial charge in [-0.05, 0) is 46.6 Å². The first kappa shape index (κ1) is 15.0. The monoisotopic (exact) mass is 334 g/mol. The number of pyridine rings is 1. The standard InChI is InChI=1S/C16H19BrN2O/c1-12(2)9-18-10-13-8-14(17)11-19-16(13)20-15-6-4-3-5-7-15/h3-8,11-12,18H,9-10H2,1-2H3. The van der Waals surface area contributed by atoms with Crippen molar-refractivity contribution in [2.75, 3.05) is 6.54 Å². The van der Waals surface area contributed by atoms with Crippen LogP contribution in [0.2, 0.25) is 0 Å². The van der Waals surface area contributed by atoms with Crippen LogP contribution in [0.25, 0.3) is 0 Å². The minimum atomic E-state index is 0.619. The molecule has 2 rings (SSSR count). The number of nitrogens with one attached hydrogen (secondary N) is 1. The van der Waals surface area contributed by atoms with Gasteiger partial charge >= 0.3 is 0 Å². The lowest BCUT2D eigenvalue weighted by atomic mass is 10.2. The maximum absolute atomic E-state index is 5.85. The maximum Gasteiger partial charge on any atom is 0.223 e. The quantitative estimate of drug-likeness (QED) is 0.851. The SMILES string of the molecule is CC(C)CNCc1cc(Br)cnc1Oc1ccccc1. The van der Waals surface area contributed by atoms with E-state index < -0.39 is 0 Å². The number of hydrogen-bond donors (Lipinski definition) is 1. The molecule has 0 aliphatic heterocycles. The minimum Gasteiger partial charge on any atom is -0.439 e. The molecule has 1 aromatic heterocycles. The van der Waals surface area contributed by atoms with Gasteiger partial charge in [-0.25, -0.2) is 4.98 Å². The van der Waals surface area contributed by atoms with Crippen molar-refractivity contribution in [1.82, 2.24) is 10.3 Å². The van der Waals surface area contributed by atoms with Crippen LogP contribution >= 0.6 is 15.9 Å². The van der Waals surface area contributed by atoms with Crippen LogP contribution in [0.3, 0.4) is 0 Å². The maximum atomic E-state index is 5.85. The molecule has 3 nitrogen and oxygen atoms in total. The number of hydrogen-bond acceptors (Lipinski definition) is 3. The number of aromatic nitrogens is 1. The van der Waals surface area contributed by atoms with Crippen molar-refractivity contribution >= 4 is 15.9 Å². The highest BCUT2D eigenvalue weighted by Gasteiger charge is 2.08. The smallest absolute Gasteiger partial charge is 0.223 e. The van der Waals surface area contributed by atoms with Crippen LogP contribution in [0.15, 0.2) is 47.1 Å². The van der Waals surface area contributed by atoms with E-state index in [9.17, 15) is 0 Å². The van der Waals surface area contributed by atoms with E-state index in [0.29, 0.717) is 11.8 Å². The third-order valence-electron chi connectivity index (χ3n) is 2.72. The van der Waals surface area contributed by atoms with Crippen LogP contribution < -0.4 is 10.1 Å². The average molecular weight is 335 g/mol. The van der Waals surface area contributed by atoms with Crippen LogP contribution in [0.5, 0.6) is 11.6 Å². The molecule has 106 valence electrons. The van der Waals surface area contributed by atoms with Crippen LogP contribution in [-0.4, -0.2) is 11.5 Å². The number of halogens is 1. The molecule has 0 radical (unpaired) electrons. The molecule has 0 atom stereocenters. The highest BCUT2D eigenvalue weighted by Crippen LogP contribution is 2.25. The predicted molar refractivity (Wildman–Crippen MR) is 85.0 cm³/mol. The third kappa shape index (κ3) is 4.62. The highest BCUT2D eigenvalue weighted by molar-refractivity contribution is 9.10. The van der Waals surface area contributed by atoms with Gasteiger partial charge in [0.1, 0.15) is 5.75 Å². The lowest BCUT2D eigenvalue weighted by Crippen LogP contribution is -2.19. The molecule has 0 aliphatic carbocycles. The van der Waals surface area contributed by atoms with Crippen LogP contribution in [0.1, 0.15) is 19.4 Å². The number of benzene rings is 1. The zero-order chi connectivity index (χ0) is 14.4. The van der Waals surface area contributed by atoms with Crippen LogP contribution in [0.4, 0.5) is 0 Å². The molecule has 0 fully saturated rings.